The molecule has 1 aliphatic rings. The van der Waals surface area contributed by atoms with Crippen molar-refractivity contribution in [3.8, 4) is 0 Å². The predicted molar refractivity (Wildman–Crippen MR) is 124 cm³/mol. The van der Waals surface area contributed by atoms with Gasteiger partial charge in [-0.1, -0.05) is 18.2 Å². The molecule has 1 saturated heterocycles. The lowest BCUT2D eigenvalue weighted by atomic mass is 10.2. The van der Waals surface area contributed by atoms with Gasteiger partial charge in [-0.3, -0.25) is 9.03 Å². The fourth-order valence-corrected chi connectivity index (χ4v) is 5.06. The summed E-state index contributed by atoms with van der Waals surface area (Å²) < 4.78 is 53.5. The normalized spacial score (nSPS) is 15.1. The number of nitrogens with one attached hydrogen (secondary N) is 2. The summed E-state index contributed by atoms with van der Waals surface area (Å²) in [6, 6.07) is 13.2. The molecule has 11 heteroatoms. The summed E-state index contributed by atoms with van der Waals surface area (Å²) in [5.41, 5.74) is 1.33. The highest BCUT2D eigenvalue weighted by Crippen LogP contribution is 2.34. The van der Waals surface area contributed by atoms with Gasteiger partial charge in [0, 0.05) is 32.4 Å². The Morgan fingerprint density at radius 1 is 1.00 bits per heavy atom. The Hall–Kier alpha value is -2.01. The molecule has 0 aromatic heterocycles. The maximum atomic E-state index is 13.0. The summed E-state index contributed by atoms with van der Waals surface area (Å²) in [5, 5.41) is 3.33. The Labute approximate surface area is 184 Å². The van der Waals surface area contributed by atoms with Crippen LogP contribution in [0.4, 0.5) is 17.1 Å². The van der Waals surface area contributed by atoms with Crippen LogP contribution in [0.15, 0.2) is 53.4 Å². The Morgan fingerprint density at radius 2 is 1.70 bits per heavy atom. The van der Waals surface area contributed by atoms with Gasteiger partial charge in [-0.05, 0) is 43.3 Å². The van der Waals surface area contributed by atoms with Gasteiger partial charge < -0.3 is 10.2 Å². The minimum absolute atomic E-state index is 0. The molecular weight excluding hydrogens is 448 g/mol. The fourth-order valence-electron chi connectivity index (χ4n) is 3.26. The van der Waals surface area contributed by atoms with Gasteiger partial charge in [0.05, 0.1) is 22.5 Å². The van der Waals surface area contributed by atoms with Crippen LogP contribution >= 0.6 is 12.4 Å². The van der Waals surface area contributed by atoms with E-state index in [4.69, 9.17) is 0 Å². The first-order valence-electron chi connectivity index (χ1n) is 9.30. The molecule has 1 fully saturated rings. The molecule has 0 aliphatic carbocycles. The third-order valence-corrected chi connectivity index (χ3v) is 7.10. The molecule has 2 aromatic rings. The number of hydrogen-bond acceptors (Lipinski definition) is 6. The quantitative estimate of drug-likeness (QED) is 0.665. The van der Waals surface area contributed by atoms with Crippen LogP contribution in [-0.2, 0) is 20.0 Å². The van der Waals surface area contributed by atoms with Crippen LogP contribution in [0.25, 0.3) is 0 Å². The summed E-state index contributed by atoms with van der Waals surface area (Å²) in [7, 11) is -6.02. The Bertz CT molecular complexity index is 1060. The first-order valence-corrected chi connectivity index (χ1v) is 12.6. The van der Waals surface area contributed by atoms with Gasteiger partial charge in [0.2, 0.25) is 10.0 Å². The van der Waals surface area contributed by atoms with Gasteiger partial charge in [-0.2, -0.15) is 0 Å². The molecule has 2 aromatic carbocycles. The summed E-state index contributed by atoms with van der Waals surface area (Å²) in [6.07, 6.45) is 2.02. The lowest BCUT2D eigenvalue weighted by molar-refractivity contribution is 0.594. The zero-order chi connectivity index (χ0) is 21.1. The largest absolute Gasteiger partial charge is 0.370 e. The Kier molecular flexibility index (Phi) is 7.98. The van der Waals surface area contributed by atoms with Crippen LogP contribution in [0.1, 0.15) is 6.42 Å². The van der Waals surface area contributed by atoms with Crippen molar-refractivity contribution in [3.05, 3.63) is 48.5 Å². The monoisotopic (exact) mass is 474 g/mol. The van der Waals surface area contributed by atoms with Crippen molar-refractivity contribution in [2.24, 2.45) is 0 Å². The second-order valence-electron chi connectivity index (χ2n) is 6.95. The fraction of sp³-hybridized carbons (Fsp3) is 0.368. The predicted octanol–water partition coefficient (Wildman–Crippen LogP) is 2.10. The van der Waals surface area contributed by atoms with Crippen molar-refractivity contribution >= 4 is 49.5 Å². The SMILES string of the molecule is CN(c1ccc(N2CCCNCC2)cc1NS(C)(=O)=O)S(=O)(=O)c1ccccc1.Cl. The van der Waals surface area contributed by atoms with Crippen LogP contribution in [0.3, 0.4) is 0 Å². The highest BCUT2D eigenvalue weighted by Gasteiger charge is 2.25. The average Bonchev–Trinajstić information content (AvgIpc) is 2.96. The first kappa shape index (κ1) is 24.3. The molecule has 1 aliphatic heterocycles. The molecular formula is C19H27ClN4O4S2. The van der Waals surface area contributed by atoms with Gasteiger partial charge >= 0.3 is 0 Å². The van der Waals surface area contributed by atoms with E-state index in [1.807, 2.05) is 6.07 Å². The molecule has 1 heterocycles. The molecule has 0 bridgehead atoms. The van der Waals surface area contributed by atoms with Gasteiger partial charge in [-0.15, -0.1) is 12.4 Å². The van der Waals surface area contributed by atoms with Crippen LogP contribution in [0.2, 0.25) is 0 Å². The van der Waals surface area contributed by atoms with Crippen molar-refractivity contribution in [1.29, 1.82) is 0 Å². The van der Waals surface area contributed by atoms with Crippen LogP contribution in [-0.4, -0.2) is 56.3 Å². The van der Waals surface area contributed by atoms with E-state index in [2.05, 4.69) is 14.9 Å². The second kappa shape index (κ2) is 9.86. The van der Waals surface area contributed by atoms with E-state index in [-0.39, 0.29) is 28.7 Å². The number of anilines is 3. The van der Waals surface area contributed by atoms with Crippen LogP contribution < -0.4 is 19.2 Å². The minimum atomic E-state index is -3.84. The lowest BCUT2D eigenvalue weighted by Crippen LogP contribution is -2.29. The van der Waals surface area contributed by atoms with E-state index in [9.17, 15) is 16.8 Å². The second-order valence-corrected chi connectivity index (χ2v) is 10.7. The molecule has 0 radical (unpaired) electrons. The van der Waals surface area contributed by atoms with E-state index in [0.717, 1.165) is 48.8 Å². The molecule has 0 spiro atoms. The zero-order valence-electron chi connectivity index (χ0n) is 16.9. The van der Waals surface area contributed by atoms with E-state index in [1.54, 1.807) is 30.3 Å². The highest BCUT2D eigenvalue weighted by atomic mass is 35.5. The van der Waals surface area contributed by atoms with E-state index in [1.165, 1.54) is 19.2 Å². The molecule has 30 heavy (non-hydrogen) atoms. The average molecular weight is 475 g/mol. The third-order valence-electron chi connectivity index (χ3n) is 4.72. The number of sulfonamides is 2. The van der Waals surface area contributed by atoms with Crippen LogP contribution in [0, 0.1) is 0 Å². The topological polar surface area (TPSA) is 98.8 Å². The zero-order valence-corrected chi connectivity index (χ0v) is 19.4. The summed E-state index contributed by atoms with van der Waals surface area (Å²) >= 11 is 0. The number of rotatable bonds is 6. The number of halogens is 1. The highest BCUT2D eigenvalue weighted by molar-refractivity contribution is 7.93. The summed E-state index contributed by atoms with van der Waals surface area (Å²) in [5.74, 6) is 0. The van der Waals surface area contributed by atoms with Crippen molar-refractivity contribution in [1.82, 2.24) is 5.32 Å². The molecule has 0 atom stereocenters. The molecule has 8 nitrogen and oxygen atoms in total. The molecule has 166 valence electrons. The molecule has 0 unspecified atom stereocenters. The molecule has 3 rings (SSSR count). The molecule has 2 N–H and O–H groups in total. The Balaban J connectivity index is 0.00000320. The van der Waals surface area contributed by atoms with Gasteiger partial charge in [0.25, 0.3) is 10.0 Å². The van der Waals surface area contributed by atoms with Crippen LogP contribution in [0.5, 0.6) is 0 Å². The maximum Gasteiger partial charge on any atom is 0.264 e. The smallest absolute Gasteiger partial charge is 0.264 e. The standard InChI is InChI=1S/C19H26N4O4S2.ClH/c1-22(29(26,27)17-7-4-3-5-8-17)19-10-9-16(15-18(19)21-28(2,24)25)23-13-6-11-20-12-14-23;/h3-5,7-10,15,20-21H,6,11-14H2,1-2H3;1H. The molecule has 0 saturated carbocycles. The molecule has 0 amide bonds. The van der Waals surface area contributed by atoms with Crippen molar-refractivity contribution in [2.75, 3.05) is 53.4 Å². The van der Waals surface area contributed by atoms with E-state index in [0.29, 0.717) is 0 Å². The minimum Gasteiger partial charge on any atom is -0.370 e. The van der Waals surface area contributed by atoms with Crippen molar-refractivity contribution < 1.29 is 16.8 Å². The van der Waals surface area contributed by atoms with Gasteiger partial charge in [0.1, 0.15) is 0 Å². The number of hydrogen-bond donors (Lipinski definition) is 2. The van der Waals surface area contributed by atoms with Gasteiger partial charge in [-0.25, -0.2) is 16.8 Å². The third kappa shape index (κ3) is 5.78. The maximum absolute atomic E-state index is 13.0. The van der Waals surface area contributed by atoms with E-state index < -0.39 is 20.0 Å². The van der Waals surface area contributed by atoms with Crippen molar-refractivity contribution in [2.45, 2.75) is 11.3 Å². The van der Waals surface area contributed by atoms with Crippen molar-refractivity contribution in [3.63, 3.8) is 0 Å². The number of nitrogens with zero attached hydrogens (tertiary/aromatic N) is 2. The van der Waals surface area contributed by atoms with Gasteiger partial charge in [0.15, 0.2) is 0 Å². The first-order chi connectivity index (χ1) is 13.7. The summed E-state index contributed by atoms with van der Waals surface area (Å²) in [6.45, 7) is 3.39. The lowest BCUT2D eigenvalue weighted by Gasteiger charge is -2.26. The number of benzene rings is 2. The summed E-state index contributed by atoms with van der Waals surface area (Å²) in [4.78, 5) is 2.29. The van der Waals surface area contributed by atoms with E-state index >= 15 is 0 Å². The Morgan fingerprint density at radius 3 is 2.37 bits per heavy atom.